The number of aliphatic hydroxyl groups is 1. The summed E-state index contributed by atoms with van der Waals surface area (Å²) in [4.78, 5) is 54.8. The first kappa shape index (κ1) is 24.0. The van der Waals surface area contributed by atoms with Crippen LogP contribution in [0.4, 0.5) is 0 Å². The molecule has 3 amide bonds. The zero-order valence-corrected chi connectivity index (χ0v) is 16.5. The Kier molecular flexibility index (Phi) is 9.22. The second-order valence-corrected chi connectivity index (χ2v) is 6.90. The third kappa shape index (κ3) is 7.50. The van der Waals surface area contributed by atoms with Crippen LogP contribution in [-0.2, 0) is 25.6 Å². The highest BCUT2D eigenvalue weighted by molar-refractivity contribution is 5.94. The van der Waals surface area contributed by atoms with E-state index in [4.69, 9.17) is 5.73 Å². The van der Waals surface area contributed by atoms with Gasteiger partial charge in [-0.15, -0.1) is 0 Å². The van der Waals surface area contributed by atoms with Crippen molar-refractivity contribution in [3.8, 4) is 0 Å². The normalized spacial score (nSPS) is 15.1. The largest absolute Gasteiger partial charge is 0.480 e. The summed E-state index contributed by atoms with van der Waals surface area (Å²) in [6, 6.07) is -3.68. The number of carboxylic acids is 1. The van der Waals surface area contributed by atoms with Crippen LogP contribution in [0.3, 0.4) is 0 Å². The number of nitrogens with one attached hydrogen (secondary N) is 4. The Hall–Kier alpha value is -2.99. The van der Waals surface area contributed by atoms with Gasteiger partial charge in [0.25, 0.3) is 0 Å². The highest BCUT2D eigenvalue weighted by atomic mass is 16.4. The van der Waals surface area contributed by atoms with E-state index in [1.54, 1.807) is 13.8 Å². The second-order valence-electron chi connectivity index (χ2n) is 6.90. The van der Waals surface area contributed by atoms with Gasteiger partial charge in [-0.05, 0) is 12.8 Å². The van der Waals surface area contributed by atoms with Gasteiger partial charge >= 0.3 is 5.97 Å². The number of H-pyrrole nitrogens is 1. The summed E-state index contributed by atoms with van der Waals surface area (Å²) in [6.45, 7) is 4.17. The molecule has 0 aliphatic heterocycles. The summed E-state index contributed by atoms with van der Waals surface area (Å²) in [7, 11) is 0. The van der Waals surface area contributed by atoms with Crippen molar-refractivity contribution in [2.75, 3.05) is 6.54 Å². The molecule has 0 radical (unpaired) electrons. The van der Waals surface area contributed by atoms with Gasteiger partial charge in [0.05, 0.1) is 19.0 Å². The van der Waals surface area contributed by atoms with Crippen molar-refractivity contribution in [1.29, 1.82) is 0 Å². The Bertz CT molecular complexity index is 705. The number of aromatic nitrogens is 2. The summed E-state index contributed by atoms with van der Waals surface area (Å²) in [6.07, 6.45) is 1.56. The first-order chi connectivity index (χ1) is 13.6. The average molecular weight is 412 g/mol. The van der Waals surface area contributed by atoms with E-state index in [0.717, 1.165) is 0 Å². The first-order valence-corrected chi connectivity index (χ1v) is 9.05. The minimum atomic E-state index is -1.34. The number of amides is 3. The van der Waals surface area contributed by atoms with Crippen LogP contribution in [0.2, 0.25) is 0 Å². The number of carbonyl (C=O) groups is 4. The molecule has 1 aromatic rings. The second kappa shape index (κ2) is 11.1. The molecule has 12 heteroatoms. The predicted molar refractivity (Wildman–Crippen MR) is 101 cm³/mol. The molecule has 0 saturated carbocycles. The summed E-state index contributed by atoms with van der Waals surface area (Å²) < 4.78 is 0. The molecule has 29 heavy (non-hydrogen) atoms. The quantitative estimate of drug-likeness (QED) is 0.206. The smallest absolute Gasteiger partial charge is 0.326 e. The van der Waals surface area contributed by atoms with Crippen LogP contribution in [-0.4, -0.2) is 74.6 Å². The highest BCUT2D eigenvalue weighted by Gasteiger charge is 2.32. The maximum absolute atomic E-state index is 12.7. The number of hydrogen-bond donors (Lipinski definition) is 7. The maximum atomic E-state index is 12.7. The lowest BCUT2D eigenvalue weighted by molar-refractivity contribution is -0.143. The monoisotopic (exact) mass is 412 g/mol. The fourth-order valence-electron chi connectivity index (χ4n) is 2.49. The molecule has 4 atom stereocenters. The number of imidazole rings is 1. The van der Waals surface area contributed by atoms with Gasteiger partial charge in [-0.1, -0.05) is 13.8 Å². The van der Waals surface area contributed by atoms with Crippen molar-refractivity contribution in [3.63, 3.8) is 0 Å². The number of hydrogen-bond acceptors (Lipinski definition) is 7. The molecule has 12 nitrogen and oxygen atoms in total. The predicted octanol–water partition coefficient (Wildman–Crippen LogP) is -2.51. The molecule has 0 aliphatic carbocycles. The fraction of sp³-hybridized carbons (Fsp3) is 0.588. The molecule has 0 spiro atoms. The zero-order valence-electron chi connectivity index (χ0n) is 16.5. The van der Waals surface area contributed by atoms with Crippen molar-refractivity contribution in [2.45, 2.75) is 51.4 Å². The van der Waals surface area contributed by atoms with Gasteiger partial charge in [-0.3, -0.25) is 14.4 Å². The van der Waals surface area contributed by atoms with Crippen LogP contribution < -0.4 is 21.7 Å². The molecule has 0 saturated heterocycles. The molecule has 4 unspecified atom stereocenters. The zero-order chi connectivity index (χ0) is 22.1. The van der Waals surface area contributed by atoms with Crippen LogP contribution in [0, 0.1) is 5.92 Å². The number of aromatic amines is 1. The third-order valence-corrected chi connectivity index (χ3v) is 4.11. The van der Waals surface area contributed by atoms with Crippen molar-refractivity contribution in [1.82, 2.24) is 25.9 Å². The average Bonchev–Trinajstić information content (AvgIpc) is 3.15. The van der Waals surface area contributed by atoms with E-state index in [-0.39, 0.29) is 13.0 Å². The molecular formula is C17H28N6O6. The van der Waals surface area contributed by atoms with Gasteiger partial charge in [0.1, 0.15) is 18.1 Å². The number of carboxylic acid groups (broad SMARTS) is 1. The Labute approximate surface area is 167 Å². The molecule has 0 fully saturated rings. The van der Waals surface area contributed by atoms with E-state index < -0.39 is 53.8 Å². The number of aliphatic carboxylic acids is 1. The van der Waals surface area contributed by atoms with E-state index in [1.807, 2.05) is 0 Å². The molecule has 0 aliphatic rings. The SMILES string of the molecule is CC(C)C(NC(=O)C(Cc1cnc[nH]1)NC(=O)C(NC(=O)CN)C(C)O)C(=O)O. The number of rotatable bonds is 11. The Balaban J connectivity index is 3.01. The van der Waals surface area contributed by atoms with Gasteiger partial charge in [0.15, 0.2) is 0 Å². The van der Waals surface area contributed by atoms with E-state index in [1.165, 1.54) is 19.4 Å². The summed E-state index contributed by atoms with van der Waals surface area (Å²) in [5, 5.41) is 26.2. The van der Waals surface area contributed by atoms with Crippen molar-refractivity contribution in [2.24, 2.45) is 11.7 Å². The minimum absolute atomic E-state index is 0.0145. The van der Waals surface area contributed by atoms with Gasteiger partial charge in [0.2, 0.25) is 17.7 Å². The van der Waals surface area contributed by atoms with Gasteiger partial charge < -0.3 is 36.9 Å². The minimum Gasteiger partial charge on any atom is -0.480 e. The summed E-state index contributed by atoms with van der Waals surface area (Å²) in [5.74, 6) is -3.82. The van der Waals surface area contributed by atoms with Crippen LogP contribution in [0.5, 0.6) is 0 Å². The molecule has 0 aromatic carbocycles. The van der Waals surface area contributed by atoms with Crippen LogP contribution in [0.15, 0.2) is 12.5 Å². The first-order valence-electron chi connectivity index (χ1n) is 9.05. The Morgan fingerprint density at radius 1 is 1.10 bits per heavy atom. The highest BCUT2D eigenvalue weighted by Crippen LogP contribution is 2.06. The van der Waals surface area contributed by atoms with E-state index in [0.29, 0.717) is 5.69 Å². The van der Waals surface area contributed by atoms with Crippen LogP contribution >= 0.6 is 0 Å². The number of nitrogens with zero attached hydrogens (tertiary/aromatic N) is 1. The van der Waals surface area contributed by atoms with Crippen molar-refractivity contribution in [3.05, 3.63) is 18.2 Å². The lowest BCUT2D eigenvalue weighted by Gasteiger charge is -2.26. The lowest BCUT2D eigenvalue weighted by Crippen LogP contribution is -2.59. The molecular weight excluding hydrogens is 384 g/mol. The van der Waals surface area contributed by atoms with E-state index in [9.17, 15) is 29.4 Å². The molecule has 8 N–H and O–H groups in total. The van der Waals surface area contributed by atoms with E-state index >= 15 is 0 Å². The molecule has 0 bridgehead atoms. The Morgan fingerprint density at radius 3 is 2.21 bits per heavy atom. The topological polar surface area (TPSA) is 200 Å². The summed E-state index contributed by atoms with van der Waals surface area (Å²) in [5.41, 5.74) is 5.73. The van der Waals surface area contributed by atoms with E-state index in [2.05, 4.69) is 25.9 Å². The Morgan fingerprint density at radius 2 is 1.76 bits per heavy atom. The molecule has 1 rings (SSSR count). The number of carbonyl (C=O) groups excluding carboxylic acids is 3. The molecule has 162 valence electrons. The van der Waals surface area contributed by atoms with Gasteiger partial charge in [-0.2, -0.15) is 0 Å². The fourth-order valence-corrected chi connectivity index (χ4v) is 2.49. The van der Waals surface area contributed by atoms with Crippen LogP contribution in [0.1, 0.15) is 26.5 Å². The van der Waals surface area contributed by atoms with Gasteiger partial charge in [0, 0.05) is 18.3 Å². The number of aliphatic hydroxyl groups excluding tert-OH is 1. The lowest BCUT2D eigenvalue weighted by atomic mass is 10.0. The third-order valence-electron chi connectivity index (χ3n) is 4.11. The standard InChI is InChI=1S/C17H28N6O6/c1-8(2)13(17(28)29)23-15(26)11(4-10-6-19-7-20-10)21-16(27)14(9(3)24)22-12(25)5-18/h6-9,11,13-14,24H,4-5,18H2,1-3H3,(H,19,20)(H,21,27)(H,22,25)(H,23,26)(H,28,29). The van der Waals surface area contributed by atoms with Crippen molar-refractivity contribution < 1.29 is 29.4 Å². The molecule has 1 aromatic heterocycles. The van der Waals surface area contributed by atoms with Gasteiger partial charge in [-0.25, -0.2) is 9.78 Å². The van der Waals surface area contributed by atoms with Crippen molar-refractivity contribution >= 4 is 23.7 Å². The number of nitrogens with two attached hydrogens (primary N) is 1. The summed E-state index contributed by atoms with van der Waals surface area (Å²) >= 11 is 0. The molecule has 1 heterocycles. The maximum Gasteiger partial charge on any atom is 0.326 e. The van der Waals surface area contributed by atoms with Crippen LogP contribution in [0.25, 0.3) is 0 Å².